The molecule has 8 N–H and O–H groups in total. The van der Waals surface area contributed by atoms with Crippen LogP contribution in [0, 0.1) is 11.3 Å². The van der Waals surface area contributed by atoms with E-state index in [1.807, 2.05) is 12.1 Å². The van der Waals surface area contributed by atoms with E-state index in [2.05, 4.69) is 47.6 Å². The van der Waals surface area contributed by atoms with Crippen LogP contribution in [0.5, 0.6) is 0 Å². The number of anilines is 4. The van der Waals surface area contributed by atoms with Gasteiger partial charge in [-0.1, -0.05) is 24.3 Å². The molecule has 1 fully saturated rings. The van der Waals surface area contributed by atoms with Crippen molar-refractivity contribution in [2.24, 2.45) is 0 Å². The van der Waals surface area contributed by atoms with Gasteiger partial charge in [-0.05, 0) is 71.9 Å². The SMILES string of the molecule is N#Cc1ccc(NC(=S)NCCNC(=O)Cc2ccc(NC(=O)Cc3ccc(Nc4ncnc5c4ncn5C4O[C@H](CO)[C@@H](O)[C@H]4O)cc3)cc2)cc1. The van der Waals surface area contributed by atoms with Gasteiger partial charge in [-0.3, -0.25) is 14.2 Å². The number of nitrogens with one attached hydrogen (secondary N) is 5. The quantitative estimate of drug-likeness (QED) is 0.0638. The Morgan fingerprint density at radius 1 is 0.811 bits per heavy atom. The van der Waals surface area contributed by atoms with Gasteiger partial charge in [-0.25, -0.2) is 15.0 Å². The van der Waals surface area contributed by atoms with Gasteiger partial charge in [0.25, 0.3) is 0 Å². The number of ether oxygens (including phenoxy) is 1. The number of thiocarbonyl (C=S) groups is 1. The minimum absolute atomic E-state index is 0.136. The molecule has 1 saturated heterocycles. The third-order valence-electron chi connectivity index (χ3n) is 8.34. The lowest BCUT2D eigenvalue weighted by molar-refractivity contribution is -0.120. The molecular weight excluding hydrogens is 701 g/mol. The fourth-order valence-electron chi connectivity index (χ4n) is 5.61. The Bertz CT molecular complexity index is 2110. The fraction of sp³-hybridized carbons (Fsp3) is 0.250. The number of hydrogen-bond acceptors (Lipinski definition) is 12. The summed E-state index contributed by atoms with van der Waals surface area (Å²) in [6, 6.07) is 23.3. The first-order chi connectivity index (χ1) is 25.7. The molecule has 6 rings (SSSR count). The molecule has 0 spiro atoms. The smallest absolute Gasteiger partial charge is 0.228 e. The number of nitriles is 1. The zero-order valence-electron chi connectivity index (χ0n) is 28.1. The van der Waals surface area contributed by atoms with Crippen LogP contribution in [-0.2, 0) is 27.2 Å². The monoisotopic (exact) mass is 736 g/mol. The molecule has 1 aliphatic heterocycles. The molecule has 3 aromatic carbocycles. The first-order valence-corrected chi connectivity index (χ1v) is 17.0. The highest BCUT2D eigenvalue weighted by molar-refractivity contribution is 7.80. The number of nitrogens with zero attached hydrogens (tertiary/aromatic N) is 5. The van der Waals surface area contributed by atoms with Crippen molar-refractivity contribution >= 4 is 63.2 Å². The maximum absolute atomic E-state index is 12.8. The van der Waals surface area contributed by atoms with Crippen molar-refractivity contribution in [1.82, 2.24) is 30.2 Å². The Kier molecular flexibility index (Phi) is 11.8. The van der Waals surface area contributed by atoms with Crippen LogP contribution in [0.2, 0.25) is 0 Å². The lowest BCUT2D eigenvalue weighted by Gasteiger charge is -2.16. The van der Waals surface area contributed by atoms with Crippen LogP contribution in [0.15, 0.2) is 85.5 Å². The number of carbonyl (C=O) groups excluding carboxylic acids is 2. The fourth-order valence-corrected chi connectivity index (χ4v) is 5.83. The number of hydrogen-bond donors (Lipinski definition) is 8. The summed E-state index contributed by atoms with van der Waals surface area (Å²) in [5, 5.41) is 54.3. The van der Waals surface area contributed by atoms with Crippen LogP contribution in [0.4, 0.5) is 22.9 Å². The second kappa shape index (κ2) is 17.0. The van der Waals surface area contributed by atoms with Crippen LogP contribution in [-0.4, -0.2) is 89.8 Å². The van der Waals surface area contributed by atoms with Crippen molar-refractivity contribution in [3.63, 3.8) is 0 Å². The predicted molar refractivity (Wildman–Crippen MR) is 199 cm³/mol. The van der Waals surface area contributed by atoms with E-state index in [4.69, 9.17) is 22.2 Å². The topological polar surface area (TPSA) is 232 Å². The number of carbonyl (C=O) groups is 2. The van der Waals surface area contributed by atoms with Gasteiger partial charge in [0, 0.05) is 30.2 Å². The molecule has 0 radical (unpaired) electrons. The summed E-state index contributed by atoms with van der Waals surface area (Å²) in [5.41, 5.74) is 4.95. The number of aliphatic hydroxyl groups is 3. The van der Waals surface area contributed by atoms with E-state index in [0.29, 0.717) is 52.1 Å². The molecule has 0 bridgehead atoms. The predicted octanol–water partition coefficient (Wildman–Crippen LogP) is 1.88. The molecule has 5 aromatic rings. The normalized spacial score (nSPS) is 17.8. The van der Waals surface area contributed by atoms with Crippen molar-refractivity contribution in [2.45, 2.75) is 37.4 Å². The summed E-state index contributed by atoms with van der Waals surface area (Å²) in [6.45, 7) is 0.353. The molecule has 53 heavy (non-hydrogen) atoms. The van der Waals surface area contributed by atoms with Gasteiger partial charge in [0.15, 0.2) is 28.3 Å². The highest BCUT2D eigenvalue weighted by Crippen LogP contribution is 2.32. The molecule has 16 nitrogen and oxygen atoms in total. The van der Waals surface area contributed by atoms with Crippen LogP contribution < -0.4 is 26.6 Å². The number of rotatable bonds is 13. The average molecular weight is 737 g/mol. The largest absolute Gasteiger partial charge is 0.394 e. The van der Waals surface area contributed by atoms with Gasteiger partial charge >= 0.3 is 0 Å². The lowest BCUT2D eigenvalue weighted by atomic mass is 10.1. The second-order valence-corrected chi connectivity index (χ2v) is 12.5. The van der Waals surface area contributed by atoms with Gasteiger partial charge in [0.05, 0.1) is 37.4 Å². The number of aliphatic hydroxyl groups excluding tert-OH is 3. The molecule has 0 saturated carbocycles. The molecule has 2 aromatic heterocycles. The molecule has 17 heteroatoms. The third kappa shape index (κ3) is 9.26. The van der Waals surface area contributed by atoms with Crippen molar-refractivity contribution in [1.29, 1.82) is 5.26 Å². The molecule has 3 heterocycles. The average Bonchev–Trinajstić information content (AvgIpc) is 3.72. The highest BCUT2D eigenvalue weighted by Gasteiger charge is 2.44. The van der Waals surface area contributed by atoms with Gasteiger partial charge in [-0.2, -0.15) is 5.26 Å². The van der Waals surface area contributed by atoms with Gasteiger partial charge in [-0.15, -0.1) is 0 Å². The summed E-state index contributed by atoms with van der Waals surface area (Å²) in [7, 11) is 0. The van der Waals surface area contributed by atoms with Crippen LogP contribution in [0.3, 0.4) is 0 Å². The van der Waals surface area contributed by atoms with Crippen molar-refractivity contribution < 1.29 is 29.6 Å². The zero-order chi connectivity index (χ0) is 37.3. The van der Waals surface area contributed by atoms with Crippen molar-refractivity contribution in [3.8, 4) is 6.07 Å². The van der Waals surface area contributed by atoms with Gasteiger partial charge in [0.1, 0.15) is 24.6 Å². The summed E-state index contributed by atoms with van der Waals surface area (Å²) < 4.78 is 7.10. The van der Waals surface area contributed by atoms with E-state index in [1.165, 1.54) is 17.2 Å². The number of amides is 2. The number of aromatic nitrogens is 4. The summed E-state index contributed by atoms with van der Waals surface area (Å²) in [6.07, 6.45) is -1.38. The van der Waals surface area contributed by atoms with E-state index >= 15 is 0 Å². The first-order valence-electron chi connectivity index (χ1n) is 16.6. The number of imidazole rings is 1. The van der Waals surface area contributed by atoms with E-state index in [1.54, 1.807) is 60.7 Å². The maximum atomic E-state index is 12.8. The Morgan fingerprint density at radius 2 is 1.43 bits per heavy atom. The lowest BCUT2D eigenvalue weighted by Crippen LogP contribution is -2.37. The van der Waals surface area contributed by atoms with Crippen LogP contribution >= 0.6 is 12.2 Å². The molecule has 0 aliphatic carbocycles. The standard InChI is InChI=1S/C36H36N10O6S/c37-17-23-5-11-26(12-6-23)45-36(53)39-14-13-38-28(48)15-21-1-7-24(8-2-21)43-29(49)16-22-3-9-25(10-4-22)44-33-30-34(41-19-40-33)46(20-42-30)35-32(51)31(50)27(18-47)52-35/h1-12,19-20,27,31-32,35,47,50-51H,13-16,18H2,(H,38,48)(H,43,49)(H2,39,45,53)(H,40,41,44)/t27-,31-,32-,35?/m1/s1. The highest BCUT2D eigenvalue weighted by atomic mass is 32.1. The minimum atomic E-state index is -1.28. The van der Waals surface area contributed by atoms with E-state index in [0.717, 1.165) is 16.8 Å². The maximum Gasteiger partial charge on any atom is 0.228 e. The summed E-state index contributed by atoms with van der Waals surface area (Å²) >= 11 is 5.27. The van der Waals surface area contributed by atoms with E-state index < -0.39 is 31.1 Å². The minimum Gasteiger partial charge on any atom is -0.394 e. The Balaban J connectivity index is 0.929. The Hall–Kier alpha value is -6.03. The van der Waals surface area contributed by atoms with E-state index in [-0.39, 0.29) is 24.7 Å². The van der Waals surface area contributed by atoms with Gasteiger partial charge in [0.2, 0.25) is 11.8 Å². The Morgan fingerprint density at radius 3 is 2.09 bits per heavy atom. The first kappa shape index (κ1) is 36.8. The zero-order valence-corrected chi connectivity index (χ0v) is 29.0. The molecule has 272 valence electrons. The third-order valence-corrected chi connectivity index (χ3v) is 8.58. The summed E-state index contributed by atoms with van der Waals surface area (Å²) in [5.74, 6) is 0.0455. The summed E-state index contributed by atoms with van der Waals surface area (Å²) in [4.78, 5) is 38.1. The number of fused-ring (bicyclic) bond motifs is 1. The van der Waals surface area contributed by atoms with Gasteiger partial charge < -0.3 is 46.6 Å². The van der Waals surface area contributed by atoms with Crippen LogP contribution in [0.1, 0.15) is 22.9 Å². The molecule has 1 unspecified atom stereocenters. The molecule has 2 amide bonds. The van der Waals surface area contributed by atoms with Crippen molar-refractivity contribution in [3.05, 3.63) is 102 Å². The Labute approximate surface area is 308 Å². The molecule has 4 atom stereocenters. The molecule has 1 aliphatic rings. The second-order valence-electron chi connectivity index (χ2n) is 12.1. The molecular formula is C36H36N10O6S. The van der Waals surface area contributed by atoms with Crippen LogP contribution in [0.25, 0.3) is 11.2 Å². The van der Waals surface area contributed by atoms with E-state index in [9.17, 15) is 24.9 Å². The number of benzene rings is 3. The van der Waals surface area contributed by atoms with Crippen molar-refractivity contribution in [2.75, 3.05) is 35.6 Å².